The highest BCUT2D eigenvalue weighted by Gasteiger charge is 2.36. The lowest BCUT2D eigenvalue weighted by molar-refractivity contribution is -0.122. The van der Waals surface area contributed by atoms with Crippen molar-refractivity contribution in [2.24, 2.45) is 0 Å². The number of barbiturate groups is 1. The molecule has 0 radical (unpaired) electrons. The van der Waals surface area contributed by atoms with Gasteiger partial charge < -0.3 is 4.74 Å². The van der Waals surface area contributed by atoms with Gasteiger partial charge >= 0.3 is 6.03 Å². The molecule has 0 aliphatic carbocycles. The second-order valence-corrected chi connectivity index (χ2v) is 6.47. The van der Waals surface area contributed by atoms with Crippen LogP contribution in [0.2, 0.25) is 0 Å². The molecule has 6 nitrogen and oxygen atoms in total. The second kappa shape index (κ2) is 8.06. The van der Waals surface area contributed by atoms with Gasteiger partial charge in [0.1, 0.15) is 23.7 Å². The minimum Gasteiger partial charge on any atom is -0.480 e. The first-order valence-electron chi connectivity index (χ1n) is 7.93. The minimum atomic E-state index is -0.905. The summed E-state index contributed by atoms with van der Waals surface area (Å²) in [7, 11) is 0. The lowest BCUT2D eigenvalue weighted by Crippen LogP contribution is -2.54. The van der Waals surface area contributed by atoms with Crippen molar-refractivity contribution in [2.75, 3.05) is 11.5 Å². The summed E-state index contributed by atoms with van der Waals surface area (Å²) in [6, 6.07) is 8.76. The highest BCUT2D eigenvalue weighted by atomic mass is 79.9. The summed E-state index contributed by atoms with van der Waals surface area (Å²) in [6.07, 6.45) is 6.50. The number of nitrogens with zero attached hydrogens (tertiary/aromatic N) is 1. The van der Waals surface area contributed by atoms with Crippen LogP contribution in [0.1, 0.15) is 5.56 Å². The van der Waals surface area contributed by atoms with Gasteiger partial charge in [0.2, 0.25) is 0 Å². The molecule has 1 heterocycles. The fourth-order valence-corrected chi connectivity index (χ4v) is 3.00. The third-order valence-electron chi connectivity index (χ3n) is 3.76. The van der Waals surface area contributed by atoms with E-state index in [2.05, 4.69) is 27.2 Å². The summed E-state index contributed by atoms with van der Waals surface area (Å²) in [5, 5.41) is 2.10. The molecule has 1 aliphatic rings. The molecule has 8 heteroatoms. The van der Waals surface area contributed by atoms with Crippen molar-refractivity contribution in [3.05, 3.63) is 63.9 Å². The lowest BCUT2D eigenvalue weighted by atomic mass is 10.1. The summed E-state index contributed by atoms with van der Waals surface area (Å²) in [4.78, 5) is 37.8. The van der Waals surface area contributed by atoms with Gasteiger partial charge in [0.15, 0.2) is 0 Å². The molecule has 0 bridgehead atoms. The third-order valence-corrected chi connectivity index (χ3v) is 4.38. The van der Waals surface area contributed by atoms with Crippen LogP contribution in [0.4, 0.5) is 14.9 Å². The zero-order valence-corrected chi connectivity index (χ0v) is 15.8. The van der Waals surface area contributed by atoms with Crippen molar-refractivity contribution in [3.8, 4) is 18.1 Å². The number of benzene rings is 2. The molecule has 140 valence electrons. The standard InChI is InChI=1S/C20H12BrFN2O4/c1-2-9-28-17-8-3-12(11-16(17)21)10-15-18(25)23-20(27)24(19(15)26)14-6-4-13(22)5-7-14/h1,3-8,10-11H,9H2,(H,23,25,27)/b15-10-. The Morgan fingerprint density at radius 2 is 1.89 bits per heavy atom. The topological polar surface area (TPSA) is 75.7 Å². The number of anilines is 1. The van der Waals surface area contributed by atoms with Gasteiger partial charge in [0, 0.05) is 0 Å². The summed E-state index contributed by atoms with van der Waals surface area (Å²) in [5.41, 5.74) is 0.418. The van der Waals surface area contributed by atoms with Crippen LogP contribution in [0.5, 0.6) is 5.75 Å². The molecule has 1 fully saturated rings. The Morgan fingerprint density at radius 3 is 2.54 bits per heavy atom. The minimum absolute atomic E-state index is 0.0919. The Hall–Kier alpha value is -3.44. The van der Waals surface area contributed by atoms with Crippen LogP contribution in [-0.4, -0.2) is 24.5 Å². The molecule has 3 rings (SSSR count). The summed E-state index contributed by atoms with van der Waals surface area (Å²) in [6.45, 7) is 0.0919. The fourth-order valence-electron chi connectivity index (χ4n) is 2.49. The largest absolute Gasteiger partial charge is 0.480 e. The molecule has 2 aromatic rings. The Labute approximate surface area is 168 Å². The predicted octanol–water partition coefficient (Wildman–Crippen LogP) is 3.27. The third kappa shape index (κ3) is 3.94. The molecule has 2 aromatic carbocycles. The van der Waals surface area contributed by atoms with Crippen LogP contribution in [0.15, 0.2) is 52.5 Å². The number of urea groups is 1. The summed E-state index contributed by atoms with van der Waals surface area (Å²) in [5.74, 6) is 0.698. The molecule has 0 unspecified atom stereocenters. The maximum atomic E-state index is 13.1. The van der Waals surface area contributed by atoms with E-state index in [-0.39, 0.29) is 17.9 Å². The van der Waals surface area contributed by atoms with Crippen LogP contribution in [0, 0.1) is 18.2 Å². The van der Waals surface area contributed by atoms with E-state index < -0.39 is 23.7 Å². The van der Waals surface area contributed by atoms with Gasteiger partial charge in [-0.3, -0.25) is 14.9 Å². The van der Waals surface area contributed by atoms with E-state index in [1.165, 1.54) is 18.2 Å². The van der Waals surface area contributed by atoms with Crippen LogP contribution in [0.3, 0.4) is 0 Å². The zero-order chi connectivity index (χ0) is 20.3. The molecular weight excluding hydrogens is 431 g/mol. The van der Waals surface area contributed by atoms with Gasteiger partial charge in [0.05, 0.1) is 10.2 Å². The number of amides is 4. The van der Waals surface area contributed by atoms with E-state index in [4.69, 9.17) is 11.2 Å². The molecule has 1 saturated heterocycles. The number of rotatable bonds is 4. The van der Waals surface area contributed by atoms with Gasteiger partial charge in [-0.1, -0.05) is 12.0 Å². The number of imide groups is 2. The molecule has 28 heavy (non-hydrogen) atoms. The molecule has 0 saturated carbocycles. The van der Waals surface area contributed by atoms with E-state index >= 15 is 0 Å². The summed E-state index contributed by atoms with van der Waals surface area (Å²) >= 11 is 3.33. The van der Waals surface area contributed by atoms with Crippen molar-refractivity contribution in [2.45, 2.75) is 0 Å². The molecule has 0 spiro atoms. The monoisotopic (exact) mass is 442 g/mol. The van der Waals surface area contributed by atoms with Crippen molar-refractivity contribution in [3.63, 3.8) is 0 Å². The number of hydrogen-bond donors (Lipinski definition) is 1. The van der Waals surface area contributed by atoms with Gasteiger partial charge in [-0.15, -0.1) is 6.42 Å². The van der Waals surface area contributed by atoms with E-state index in [9.17, 15) is 18.8 Å². The number of nitrogens with one attached hydrogen (secondary N) is 1. The van der Waals surface area contributed by atoms with Crippen molar-refractivity contribution in [1.82, 2.24) is 5.32 Å². The maximum Gasteiger partial charge on any atom is 0.335 e. The molecule has 4 amide bonds. The number of carbonyl (C=O) groups is 3. The Bertz CT molecular complexity index is 1040. The predicted molar refractivity (Wildman–Crippen MR) is 104 cm³/mol. The van der Waals surface area contributed by atoms with Crippen LogP contribution in [0.25, 0.3) is 6.08 Å². The number of carbonyl (C=O) groups excluding carboxylic acids is 3. The molecular formula is C20H12BrFN2O4. The van der Waals surface area contributed by atoms with Gasteiger partial charge in [0.25, 0.3) is 11.8 Å². The highest BCUT2D eigenvalue weighted by Crippen LogP contribution is 2.28. The zero-order valence-electron chi connectivity index (χ0n) is 14.2. The average Bonchev–Trinajstić information content (AvgIpc) is 2.66. The molecule has 1 aliphatic heterocycles. The Balaban J connectivity index is 1.94. The Kier molecular flexibility index (Phi) is 5.57. The van der Waals surface area contributed by atoms with E-state index in [1.54, 1.807) is 18.2 Å². The molecule has 0 atom stereocenters. The summed E-state index contributed by atoms with van der Waals surface area (Å²) < 4.78 is 19.0. The fraction of sp³-hybridized carbons (Fsp3) is 0.0500. The average molecular weight is 443 g/mol. The Morgan fingerprint density at radius 1 is 1.18 bits per heavy atom. The molecule has 1 N–H and O–H groups in total. The second-order valence-electron chi connectivity index (χ2n) is 5.62. The highest BCUT2D eigenvalue weighted by molar-refractivity contribution is 9.10. The first-order valence-corrected chi connectivity index (χ1v) is 8.73. The van der Waals surface area contributed by atoms with Crippen molar-refractivity contribution in [1.29, 1.82) is 0 Å². The van der Waals surface area contributed by atoms with Crippen molar-refractivity contribution >= 4 is 45.5 Å². The van der Waals surface area contributed by atoms with Gasteiger partial charge in [-0.05, 0) is 64.0 Å². The van der Waals surface area contributed by atoms with E-state index in [0.29, 0.717) is 15.8 Å². The first-order chi connectivity index (χ1) is 13.4. The van der Waals surface area contributed by atoms with E-state index in [0.717, 1.165) is 17.0 Å². The van der Waals surface area contributed by atoms with Crippen LogP contribution in [-0.2, 0) is 9.59 Å². The van der Waals surface area contributed by atoms with Crippen LogP contribution >= 0.6 is 15.9 Å². The SMILES string of the molecule is C#CCOc1ccc(/C=C2/C(=O)NC(=O)N(c3ccc(F)cc3)C2=O)cc1Br. The first kappa shape index (κ1) is 19.3. The number of hydrogen-bond acceptors (Lipinski definition) is 4. The molecule has 0 aromatic heterocycles. The maximum absolute atomic E-state index is 13.1. The number of terminal acetylenes is 1. The normalized spacial score (nSPS) is 15.4. The van der Waals surface area contributed by atoms with E-state index in [1.807, 2.05) is 0 Å². The van der Waals surface area contributed by atoms with Gasteiger partial charge in [-0.25, -0.2) is 14.1 Å². The number of halogens is 2. The smallest absolute Gasteiger partial charge is 0.335 e. The number of ether oxygens (including phenoxy) is 1. The lowest BCUT2D eigenvalue weighted by Gasteiger charge is -2.26. The van der Waals surface area contributed by atoms with Crippen LogP contribution < -0.4 is 15.0 Å². The van der Waals surface area contributed by atoms with Crippen molar-refractivity contribution < 1.29 is 23.5 Å². The quantitative estimate of drug-likeness (QED) is 0.447. The van der Waals surface area contributed by atoms with Gasteiger partial charge in [-0.2, -0.15) is 0 Å².